The van der Waals surface area contributed by atoms with Gasteiger partial charge in [-0.3, -0.25) is 0 Å². The van der Waals surface area contributed by atoms with Crippen LogP contribution in [0.25, 0.3) is 0 Å². The summed E-state index contributed by atoms with van der Waals surface area (Å²) in [5.74, 6) is 2.04. The van der Waals surface area contributed by atoms with Gasteiger partial charge in [0.15, 0.2) is 11.5 Å². The van der Waals surface area contributed by atoms with Crippen LogP contribution in [-0.2, 0) is 5.41 Å². The van der Waals surface area contributed by atoms with Gasteiger partial charge in [-0.25, -0.2) is 4.68 Å². The van der Waals surface area contributed by atoms with Crippen molar-refractivity contribution in [2.45, 2.75) is 26.2 Å². The van der Waals surface area contributed by atoms with Crippen molar-refractivity contribution in [3.63, 3.8) is 0 Å². The fraction of sp³-hybridized carbons (Fsp3) is 0.318. The first-order valence-corrected chi connectivity index (χ1v) is 10.3. The van der Waals surface area contributed by atoms with Crippen LogP contribution in [0.1, 0.15) is 31.9 Å². The molecule has 30 heavy (non-hydrogen) atoms. The monoisotopic (exact) mass is 472 g/mol. The second kappa shape index (κ2) is 9.75. The van der Waals surface area contributed by atoms with Crippen LogP contribution in [-0.4, -0.2) is 41.4 Å². The maximum absolute atomic E-state index is 5.90. The molecule has 0 aliphatic heterocycles. The van der Waals surface area contributed by atoms with Crippen LogP contribution in [0.4, 0.5) is 0 Å². The van der Waals surface area contributed by atoms with E-state index in [9.17, 15) is 0 Å². The standard InChI is InChI=1S/C22H25BrN4O3/c1-22(2,3)17-5-7-18(8-6-17)29-9-10-30-21-19(23)11-16(12-20(21)28-4)13-26-27-14-24-25-15-27/h5-8,11-15H,9-10H2,1-4H3. The van der Waals surface area contributed by atoms with Gasteiger partial charge < -0.3 is 14.2 Å². The summed E-state index contributed by atoms with van der Waals surface area (Å²) in [7, 11) is 1.60. The van der Waals surface area contributed by atoms with Gasteiger partial charge in [-0.15, -0.1) is 10.2 Å². The molecule has 0 unspecified atom stereocenters. The van der Waals surface area contributed by atoms with E-state index in [-0.39, 0.29) is 5.41 Å². The Morgan fingerprint density at radius 2 is 1.70 bits per heavy atom. The van der Waals surface area contributed by atoms with Gasteiger partial charge in [0.2, 0.25) is 0 Å². The molecule has 2 aromatic carbocycles. The van der Waals surface area contributed by atoms with Crippen molar-refractivity contribution < 1.29 is 14.2 Å². The summed E-state index contributed by atoms with van der Waals surface area (Å²) in [6.07, 6.45) is 4.71. The van der Waals surface area contributed by atoms with Crippen LogP contribution >= 0.6 is 15.9 Å². The van der Waals surface area contributed by atoms with Gasteiger partial charge in [-0.2, -0.15) is 5.10 Å². The Kier molecular flexibility index (Phi) is 7.10. The van der Waals surface area contributed by atoms with Crippen LogP contribution in [0.2, 0.25) is 0 Å². The Hall–Kier alpha value is -2.87. The molecule has 0 bridgehead atoms. The summed E-state index contributed by atoms with van der Waals surface area (Å²) in [5.41, 5.74) is 2.24. The van der Waals surface area contributed by atoms with E-state index in [1.807, 2.05) is 24.3 Å². The predicted molar refractivity (Wildman–Crippen MR) is 120 cm³/mol. The zero-order valence-electron chi connectivity index (χ0n) is 17.5. The van der Waals surface area contributed by atoms with Crippen LogP contribution in [0.5, 0.6) is 17.2 Å². The minimum atomic E-state index is 0.122. The van der Waals surface area contributed by atoms with E-state index in [1.54, 1.807) is 13.3 Å². The van der Waals surface area contributed by atoms with Gasteiger partial charge in [-0.1, -0.05) is 32.9 Å². The Morgan fingerprint density at radius 1 is 1.03 bits per heavy atom. The summed E-state index contributed by atoms with van der Waals surface area (Å²) in [6.45, 7) is 7.36. The Bertz CT molecular complexity index is 981. The zero-order chi connectivity index (χ0) is 21.6. The van der Waals surface area contributed by atoms with Gasteiger partial charge in [0, 0.05) is 0 Å². The molecule has 0 radical (unpaired) electrons. The van der Waals surface area contributed by atoms with Gasteiger partial charge in [-0.05, 0) is 56.7 Å². The third-order valence-corrected chi connectivity index (χ3v) is 4.91. The van der Waals surface area contributed by atoms with E-state index in [0.717, 1.165) is 15.8 Å². The molecule has 7 nitrogen and oxygen atoms in total. The van der Waals surface area contributed by atoms with Gasteiger partial charge in [0.25, 0.3) is 0 Å². The van der Waals surface area contributed by atoms with Crippen LogP contribution in [0.3, 0.4) is 0 Å². The van der Waals surface area contributed by atoms with Gasteiger partial charge >= 0.3 is 0 Å². The third-order valence-electron chi connectivity index (χ3n) is 4.32. The Morgan fingerprint density at radius 3 is 2.33 bits per heavy atom. The molecule has 0 fully saturated rings. The van der Waals surface area contributed by atoms with E-state index >= 15 is 0 Å². The van der Waals surface area contributed by atoms with Crippen molar-refractivity contribution in [1.82, 2.24) is 14.9 Å². The molecule has 3 rings (SSSR count). The largest absolute Gasteiger partial charge is 0.493 e. The topological polar surface area (TPSA) is 70.8 Å². The number of hydrogen-bond acceptors (Lipinski definition) is 6. The Balaban J connectivity index is 1.58. The fourth-order valence-corrected chi connectivity index (χ4v) is 3.27. The number of aromatic nitrogens is 3. The number of benzene rings is 2. The van der Waals surface area contributed by atoms with Crippen molar-refractivity contribution in [3.05, 3.63) is 64.7 Å². The highest BCUT2D eigenvalue weighted by atomic mass is 79.9. The van der Waals surface area contributed by atoms with E-state index in [4.69, 9.17) is 14.2 Å². The van der Waals surface area contributed by atoms with Crippen molar-refractivity contribution in [2.75, 3.05) is 20.3 Å². The molecular formula is C22H25BrN4O3. The SMILES string of the molecule is COc1cc(C=Nn2cnnc2)cc(Br)c1OCCOc1ccc(C(C)(C)C)cc1. The summed E-state index contributed by atoms with van der Waals surface area (Å²) < 4.78 is 19.4. The summed E-state index contributed by atoms with van der Waals surface area (Å²) in [5, 5.41) is 11.7. The summed E-state index contributed by atoms with van der Waals surface area (Å²) in [4.78, 5) is 0. The summed E-state index contributed by atoms with van der Waals surface area (Å²) in [6, 6.07) is 11.9. The molecule has 1 heterocycles. The van der Waals surface area contributed by atoms with Gasteiger partial charge in [0.05, 0.1) is 17.8 Å². The first-order chi connectivity index (χ1) is 14.4. The predicted octanol–water partition coefficient (Wildman–Crippen LogP) is 4.69. The lowest BCUT2D eigenvalue weighted by Crippen LogP contribution is -2.12. The molecule has 0 saturated carbocycles. The maximum Gasteiger partial charge on any atom is 0.175 e. The van der Waals surface area contributed by atoms with Crippen molar-refractivity contribution in [1.29, 1.82) is 0 Å². The van der Waals surface area contributed by atoms with Gasteiger partial charge in [0.1, 0.15) is 31.6 Å². The second-order valence-corrected chi connectivity index (χ2v) is 8.45. The average Bonchev–Trinajstić information content (AvgIpc) is 3.23. The number of ether oxygens (including phenoxy) is 3. The quantitative estimate of drug-likeness (QED) is 0.351. The lowest BCUT2D eigenvalue weighted by atomic mass is 9.87. The maximum atomic E-state index is 5.90. The van der Waals surface area contributed by atoms with E-state index < -0.39 is 0 Å². The highest BCUT2D eigenvalue weighted by Gasteiger charge is 2.13. The molecule has 0 saturated heterocycles. The summed E-state index contributed by atoms with van der Waals surface area (Å²) >= 11 is 3.54. The molecule has 1 aromatic heterocycles. The zero-order valence-corrected chi connectivity index (χ0v) is 19.1. The number of halogens is 1. The average molecular weight is 473 g/mol. The van der Waals surface area contributed by atoms with Crippen molar-refractivity contribution in [3.8, 4) is 17.2 Å². The smallest absolute Gasteiger partial charge is 0.175 e. The molecule has 0 atom stereocenters. The first kappa shape index (κ1) is 21.8. The first-order valence-electron chi connectivity index (χ1n) is 9.49. The molecule has 0 aliphatic rings. The minimum Gasteiger partial charge on any atom is -0.493 e. The number of hydrogen-bond donors (Lipinski definition) is 0. The highest BCUT2D eigenvalue weighted by Crippen LogP contribution is 2.36. The van der Waals surface area contributed by atoms with Crippen LogP contribution < -0.4 is 14.2 Å². The normalized spacial score (nSPS) is 11.6. The molecule has 158 valence electrons. The highest BCUT2D eigenvalue weighted by molar-refractivity contribution is 9.10. The number of methoxy groups -OCH3 is 1. The van der Waals surface area contributed by atoms with E-state index in [2.05, 4.69) is 64.1 Å². The van der Waals surface area contributed by atoms with Crippen LogP contribution in [0.15, 0.2) is 58.6 Å². The van der Waals surface area contributed by atoms with Crippen molar-refractivity contribution in [2.24, 2.45) is 5.10 Å². The van der Waals surface area contributed by atoms with Crippen LogP contribution in [0, 0.1) is 0 Å². The third kappa shape index (κ3) is 5.82. The van der Waals surface area contributed by atoms with E-state index in [0.29, 0.717) is 24.7 Å². The fourth-order valence-electron chi connectivity index (χ4n) is 2.70. The number of nitrogens with zero attached hydrogens (tertiary/aromatic N) is 4. The van der Waals surface area contributed by atoms with E-state index in [1.165, 1.54) is 22.9 Å². The second-order valence-electron chi connectivity index (χ2n) is 7.59. The Labute approximate surface area is 184 Å². The molecule has 0 aliphatic carbocycles. The minimum absolute atomic E-state index is 0.122. The lowest BCUT2D eigenvalue weighted by molar-refractivity contribution is 0.210. The lowest BCUT2D eigenvalue weighted by Gasteiger charge is -2.19. The molecule has 0 spiro atoms. The molecule has 8 heteroatoms. The number of rotatable bonds is 8. The molecule has 0 amide bonds. The molecule has 3 aromatic rings. The molecular weight excluding hydrogens is 448 g/mol. The van der Waals surface area contributed by atoms with Crippen molar-refractivity contribution >= 4 is 22.1 Å². The molecule has 0 N–H and O–H groups in total.